The van der Waals surface area contributed by atoms with Crippen LogP contribution in [-0.2, 0) is 17.1 Å². The fourth-order valence-corrected chi connectivity index (χ4v) is 4.88. The maximum Gasteiger partial charge on any atom is 0.266 e. The van der Waals surface area contributed by atoms with Gasteiger partial charge >= 0.3 is 0 Å². The Hall–Kier alpha value is -2.66. The van der Waals surface area contributed by atoms with E-state index < -0.39 is 20.7 Å². The lowest BCUT2D eigenvalue weighted by atomic mass is 10.1. The minimum Gasteiger partial charge on any atom is -0.455 e. The van der Waals surface area contributed by atoms with Crippen LogP contribution in [0.3, 0.4) is 0 Å². The zero-order valence-electron chi connectivity index (χ0n) is 15.7. The molecule has 31 heavy (non-hydrogen) atoms. The van der Waals surface area contributed by atoms with Crippen molar-refractivity contribution < 1.29 is 17.5 Å². The second-order valence-corrected chi connectivity index (χ2v) is 9.49. The Morgan fingerprint density at radius 1 is 1.16 bits per heavy atom. The largest absolute Gasteiger partial charge is 0.455 e. The molecule has 0 radical (unpaired) electrons. The molecule has 0 fully saturated rings. The Morgan fingerprint density at radius 3 is 2.65 bits per heavy atom. The number of thiazole rings is 1. The van der Waals surface area contributed by atoms with Gasteiger partial charge < -0.3 is 4.74 Å². The molecule has 0 saturated carbocycles. The molecule has 4 rings (SSSR count). The predicted molar refractivity (Wildman–Crippen MR) is 118 cm³/mol. The van der Waals surface area contributed by atoms with Gasteiger partial charge in [0.2, 0.25) is 0 Å². The highest BCUT2D eigenvalue weighted by atomic mass is 35.5. The molecule has 2 aromatic heterocycles. The number of anilines is 1. The summed E-state index contributed by atoms with van der Waals surface area (Å²) in [4.78, 5) is 3.21. The Kier molecular flexibility index (Phi) is 5.89. The SMILES string of the molecule is Cn1nccc1-c1cc(Cl)ccc1Oc1cc(F)c(S(=O)(=O)Nc2cscn2)cc1Cl. The summed E-state index contributed by atoms with van der Waals surface area (Å²) in [6.45, 7) is 0. The summed E-state index contributed by atoms with van der Waals surface area (Å²) in [5.74, 6) is -0.663. The topological polar surface area (TPSA) is 86.1 Å². The van der Waals surface area contributed by atoms with Crippen LogP contribution in [0, 0.1) is 5.82 Å². The molecular weight excluding hydrogens is 486 g/mol. The molecule has 0 amide bonds. The van der Waals surface area contributed by atoms with Gasteiger partial charge in [-0.15, -0.1) is 11.3 Å². The van der Waals surface area contributed by atoms with E-state index in [-0.39, 0.29) is 16.6 Å². The van der Waals surface area contributed by atoms with Gasteiger partial charge in [0.05, 0.1) is 16.2 Å². The van der Waals surface area contributed by atoms with Crippen molar-refractivity contribution in [1.29, 1.82) is 0 Å². The van der Waals surface area contributed by atoms with Crippen LogP contribution < -0.4 is 9.46 Å². The lowest BCUT2D eigenvalue weighted by molar-refractivity contribution is 0.475. The van der Waals surface area contributed by atoms with Gasteiger partial charge in [0, 0.05) is 35.3 Å². The van der Waals surface area contributed by atoms with Gasteiger partial charge in [-0.3, -0.25) is 9.40 Å². The molecule has 0 atom stereocenters. The minimum absolute atomic E-state index is 0.0579. The molecule has 0 bridgehead atoms. The molecule has 0 unspecified atom stereocenters. The molecular formula is C19H13Cl2FN4O3S2. The first kappa shape index (κ1) is 21.6. The molecule has 2 aromatic carbocycles. The van der Waals surface area contributed by atoms with Crippen LogP contribution >= 0.6 is 34.5 Å². The number of ether oxygens (including phenoxy) is 1. The lowest BCUT2D eigenvalue weighted by Gasteiger charge is -2.14. The van der Waals surface area contributed by atoms with E-state index in [1.54, 1.807) is 42.2 Å². The Bertz CT molecular complexity index is 1360. The fraction of sp³-hybridized carbons (Fsp3) is 0.0526. The first-order chi connectivity index (χ1) is 14.7. The average Bonchev–Trinajstić information content (AvgIpc) is 3.36. The molecule has 1 N–H and O–H groups in total. The van der Waals surface area contributed by atoms with E-state index in [0.29, 0.717) is 22.0 Å². The van der Waals surface area contributed by atoms with Crippen molar-refractivity contribution in [2.75, 3.05) is 4.72 Å². The van der Waals surface area contributed by atoms with Gasteiger partial charge in [-0.2, -0.15) is 5.10 Å². The summed E-state index contributed by atoms with van der Waals surface area (Å²) in [6.07, 6.45) is 1.61. The zero-order valence-corrected chi connectivity index (χ0v) is 18.9. The summed E-state index contributed by atoms with van der Waals surface area (Å²) < 4.78 is 49.4. The minimum atomic E-state index is -4.23. The summed E-state index contributed by atoms with van der Waals surface area (Å²) >= 11 is 13.6. The second-order valence-electron chi connectivity index (χ2n) is 6.27. The third-order valence-electron chi connectivity index (χ3n) is 4.21. The van der Waals surface area contributed by atoms with Crippen LogP contribution in [0.15, 0.2) is 58.4 Å². The van der Waals surface area contributed by atoms with E-state index in [0.717, 1.165) is 12.1 Å². The Balaban J connectivity index is 1.70. The normalized spacial score (nSPS) is 11.5. The van der Waals surface area contributed by atoms with Crippen molar-refractivity contribution in [1.82, 2.24) is 14.8 Å². The van der Waals surface area contributed by atoms with Crippen LogP contribution in [0.1, 0.15) is 0 Å². The highest BCUT2D eigenvalue weighted by Crippen LogP contribution is 2.39. The number of sulfonamides is 1. The van der Waals surface area contributed by atoms with Gasteiger partial charge in [0.25, 0.3) is 10.0 Å². The van der Waals surface area contributed by atoms with E-state index in [4.69, 9.17) is 27.9 Å². The smallest absolute Gasteiger partial charge is 0.266 e. The first-order valence-electron chi connectivity index (χ1n) is 8.60. The molecule has 4 aromatic rings. The van der Waals surface area contributed by atoms with Crippen LogP contribution in [0.25, 0.3) is 11.3 Å². The average molecular weight is 499 g/mol. The highest BCUT2D eigenvalue weighted by Gasteiger charge is 2.23. The number of hydrogen-bond donors (Lipinski definition) is 1. The van der Waals surface area contributed by atoms with Crippen molar-refractivity contribution in [2.45, 2.75) is 4.90 Å². The quantitative estimate of drug-likeness (QED) is 0.374. The van der Waals surface area contributed by atoms with Crippen molar-refractivity contribution in [2.24, 2.45) is 7.05 Å². The van der Waals surface area contributed by atoms with E-state index in [2.05, 4.69) is 14.8 Å². The Labute approximate surface area is 191 Å². The van der Waals surface area contributed by atoms with E-state index in [1.165, 1.54) is 22.2 Å². The summed E-state index contributed by atoms with van der Waals surface area (Å²) in [5, 5.41) is 5.98. The van der Waals surface area contributed by atoms with Crippen molar-refractivity contribution in [3.8, 4) is 22.8 Å². The number of hydrogen-bond acceptors (Lipinski definition) is 6. The molecule has 160 valence electrons. The lowest BCUT2D eigenvalue weighted by Crippen LogP contribution is -2.15. The molecule has 0 aliphatic carbocycles. The van der Waals surface area contributed by atoms with Gasteiger partial charge in [-0.25, -0.2) is 17.8 Å². The van der Waals surface area contributed by atoms with Crippen LogP contribution in [0.2, 0.25) is 10.0 Å². The summed E-state index contributed by atoms with van der Waals surface area (Å²) in [5.41, 5.74) is 2.76. The second kappa shape index (κ2) is 8.46. The maximum absolute atomic E-state index is 14.7. The van der Waals surface area contributed by atoms with Crippen molar-refractivity contribution in [3.05, 3.63) is 69.3 Å². The van der Waals surface area contributed by atoms with Crippen LogP contribution in [0.4, 0.5) is 10.2 Å². The summed E-state index contributed by atoms with van der Waals surface area (Å²) in [6, 6.07) is 8.56. The molecule has 12 heteroatoms. The molecule has 0 saturated heterocycles. The number of rotatable bonds is 6. The van der Waals surface area contributed by atoms with E-state index >= 15 is 0 Å². The Morgan fingerprint density at radius 2 is 1.97 bits per heavy atom. The molecule has 0 aliphatic rings. The predicted octanol–water partition coefficient (Wildman–Crippen LogP) is 5.58. The highest BCUT2D eigenvalue weighted by molar-refractivity contribution is 7.92. The van der Waals surface area contributed by atoms with Crippen LogP contribution in [-0.4, -0.2) is 23.2 Å². The van der Waals surface area contributed by atoms with Gasteiger partial charge in [-0.1, -0.05) is 23.2 Å². The maximum atomic E-state index is 14.7. The molecule has 0 aliphatic heterocycles. The first-order valence-corrected chi connectivity index (χ1v) is 11.8. The molecule has 7 nitrogen and oxygen atoms in total. The number of nitrogens with one attached hydrogen (secondary N) is 1. The van der Waals surface area contributed by atoms with E-state index in [9.17, 15) is 12.8 Å². The number of benzene rings is 2. The third kappa shape index (κ3) is 4.52. The molecule has 2 heterocycles. The standard InChI is InChI=1S/C19H13Cl2FN4O3S2/c1-26-15(4-5-24-26)12-6-11(20)2-3-16(12)29-17-8-14(22)18(7-13(17)21)31(27,28)25-19-9-30-10-23-19/h2-10,25H,1H3. The third-order valence-corrected chi connectivity index (χ3v) is 6.69. The van der Waals surface area contributed by atoms with Crippen LogP contribution in [0.5, 0.6) is 11.5 Å². The van der Waals surface area contributed by atoms with Gasteiger partial charge in [0.1, 0.15) is 22.2 Å². The fourth-order valence-electron chi connectivity index (χ4n) is 2.80. The monoisotopic (exact) mass is 498 g/mol. The number of aryl methyl sites for hydroxylation is 1. The number of halogens is 3. The van der Waals surface area contributed by atoms with Crippen molar-refractivity contribution in [3.63, 3.8) is 0 Å². The zero-order chi connectivity index (χ0) is 22.2. The van der Waals surface area contributed by atoms with E-state index in [1.807, 2.05) is 0 Å². The summed E-state index contributed by atoms with van der Waals surface area (Å²) in [7, 11) is -2.48. The number of aromatic nitrogens is 3. The van der Waals surface area contributed by atoms with Gasteiger partial charge in [-0.05, 0) is 30.3 Å². The molecule has 0 spiro atoms. The number of nitrogens with zero attached hydrogens (tertiary/aromatic N) is 3. The van der Waals surface area contributed by atoms with Gasteiger partial charge in [0.15, 0.2) is 5.82 Å². The van der Waals surface area contributed by atoms with Crippen molar-refractivity contribution >= 4 is 50.4 Å².